The van der Waals surface area contributed by atoms with Crippen LogP contribution in [0.4, 0.5) is 17.6 Å². The first kappa shape index (κ1) is 32.0. The molecule has 2 fully saturated rings. The van der Waals surface area contributed by atoms with Gasteiger partial charge in [0.25, 0.3) is 5.92 Å². The number of esters is 1. The number of hydrogen-bond donors (Lipinski definition) is 3. The van der Waals surface area contributed by atoms with E-state index in [1.807, 2.05) is 0 Å². The van der Waals surface area contributed by atoms with Gasteiger partial charge < -0.3 is 20.3 Å². The molecular formula is C29H33F4N5O5S. The van der Waals surface area contributed by atoms with E-state index in [1.54, 1.807) is 23.4 Å². The van der Waals surface area contributed by atoms with Crippen LogP contribution in [0.2, 0.25) is 0 Å². The average molecular weight is 640 g/mol. The molecule has 3 aliphatic heterocycles. The van der Waals surface area contributed by atoms with Crippen LogP contribution >= 0.6 is 11.3 Å². The molecular weight excluding hydrogens is 606 g/mol. The number of carboxylic acid groups (broad SMARTS) is 1. The second kappa shape index (κ2) is 12.2. The molecule has 4 heterocycles. The predicted molar refractivity (Wildman–Crippen MR) is 152 cm³/mol. The van der Waals surface area contributed by atoms with E-state index in [2.05, 4.69) is 15.3 Å². The first-order chi connectivity index (χ1) is 20.7. The van der Waals surface area contributed by atoms with Crippen LogP contribution < -0.4 is 5.32 Å². The number of thiazole rings is 1. The lowest BCUT2D eigenvalue weighted by molar-refractivity contribution is -0.157. The Morgan fingerprint density at radius 3 is 2.68 bits per heavy atom. The van der Waals surface area contributed by atoms with Gasteiger partial charge in [0.2, 0.25) is 0 Å². The topological polar surface area (TPSA) is 128 Å². The molecule has 15 heteroatoms. The third kappa shape index (κ3) is 5.97. The molecule has 4 atom stereocenters. The summed E-state index contributed by atoms with van der Waals surface area (Å²) >= 11 is 1.25. The Labute approximate surface area is 255 Å². The summed E-state index contributed by atoms with van der Waals surface area (Å²) in [5, 5.41) is 24.7. The fraction of sp³-hybridized carbons (Fsp3) is 0.517. The minimum Gasteiger partial charge on any atom is -0.479 e. The molecule has 44 heavy (non-hydrogen) atoms. The zero-order valence-corrected chi connectivity index (χ0v) is 25.1. The summed E-state index contributed by atoms with van der Waals surface area (Å²) in [4.78, 5) is 36.8. The van der Waals surface area contributed by atoms with E-state index in [4.69, 9.17) is 4.74 Å². The average Bonchev–Trinajstić information content (AvgIpc) is 3.70. The maximum atomic E-state index is 15.6. The van der Waals surface area contributed by atoms with Gasteiger partial charge in [-0.3, -0.25) is 14.8 Å². The number of aliphatic carboxylic acids is 1. The van der Waals surface area contributed by atoms with Gasteiger partial charge in [0.1, 0.15) is 6.04 Å². The van der Waals surface area contributed by atoms with Crippen molar-refractivity contribution in [2.24, 2.45) is 4.99 Å². The highest BCUT2D eigenvalue weighted by Gasteiger charge is 2.59. The molecule has 0 bridgehead atoms. The van der Waals surface area contributed by atoms with Gasteiger partial charge in [-0.2, -0.15) is 0 Å². The number of halogens is 4. The van der Waals surface area contributed by atoms with Gasteiger partial charge in [0.05, 0.1) is 24.8 Å². The number of nitrogens with zero attached hydrogens (tertiary/aromatic N) is 4. The number of carbonyl (C=O) groups is 2. The number of fused-ring (bicyclic) bond motifs is 1. The van der Waals surface area contributed by atoms with Crippen molar-refractivity contribution in [2.75, 3.05) is 32.8 Å². The van der Waals surface area contributed by atoms with E-state index < -0.39 is 59.8 Å². The standard InChI is InChI=1S/C29H33F4N5O5S/c1-4-43-26(39)20-18(13-38-14-29(32,33)23-19(38)7-10-37(23)11-8-28(3,42)27(40)41)35-24(25-34-9-12-44-25)36-22(20)16-5-6-17(30)21(31)15(16)2/h5-6,9,12,19,22-23,42H,4,7-8,10-11,13-14H2,1-3H3,(H,35,36)(H,40,41)/t19-,22-,23+,28-/m0/s1. The van der Waals surface area contributed by atoms with Crippen molar-refractivity contribution in [2.45, 2.75) is 63.3 Å². The van der Waals surface area contributed by atoms with E-state index in [0.717, 1.165) is 13.0 Å². The Bertz CT molecular complexity index is 1500. The number of aromatic nitrogens is 1. The number of aliphatic imine (C=N–C) groups is 1. The fourth-order valence-electron chi connectivity index (χ4n) is 6.15. The molecule has 0 aliphatic carbocycles. The molecule has 0 radical (unpaired) electrons. The smallest absolute Gasteiger partial charge is 0.338 e. The Hall–Kier alpha value is -3.40. The molecule has 2 aromatic rings. The van der Waals surface area contributed by atoms with Crippen LogP contribution in [0.15, 0.2) is 40.0 Å². The molecule has 0 amide bonds. The quantitative estimate of drug-likeness (QED) is 0.265. The molecule has 238 valence electrons. The number of rotatable bonds is 10. The summed E-state index contributed by atoms with van der Waals surface area (Å²) in [7, 11) is 0. The highest BCUT2D eigenvalue weighted by atomic mass is 32.1. The van der Waals surface area contributed by atoms with Crippen molar-refractivity contribution in [3.8, 4) is 0 Å². The van der Waals surface area contributed by atoms with Gasteiger partial charge in [0.15, 0.2) is 28.1 Å². The third-order valence-corrected chi connectivity index (χ3v) is 9.21. The van der Waals surface area contributed by atoms with Crippen molar-refractivity contribution in [3.05, 3.63) is 62.7 Å². The summed E-state index contributed by atoms with van der Waals surface area (Å²) in [6.07, 6.45) is 1.66. The van der Waals surface area contributed by atoms with Crippen LogP contribution in [0.25, 0.3) is 0 Å². The number of aliphatic hydroxyl groups is 1. The van der Waals surface area contributed by atoms with Crippen LogP contribution in [0.1, 0.15) is 48.9 Å². The van der Waals surface area contributed by atoms with Crippen molar-refractivity contribution < 1.29 is 42.1 Å². The third-order valence-electron chi connectivity index (χ3n) is 8.43. The fourth-order valence-corrected chi connectivity index (χ4v) is 6.74. The van der Waals surface area contributed by atoms with Crippen molar-refractivity contribution in [1.82, 2.24) is 20.1 Å². The number of benzene rings is 1. The molecule has 2 saturated heterocycles. The predicted octanol–water partition coefficient (Wildman–Crippen LogP) is 3.26. The van der Waals surface area contributed by atoms with E-state index in [9.17, 15) is 28.6 Å². The van der Waals surface area contributed by atoms with Crippen LogP contribution in [0, 0.1) is 18.6 Å². The summed E-state index contributed by atoms with van der Waals surface area (Å²) in [5.74, 6) is -7.31. The second-order valence-corrected chi connectivity index (χ2v) is 12.3. The Kier molecular flexibility index (Phi) is 8.86. The second-order valence-electron chi connectivity index (χ2n) is 11.4. The van der Waals surface area contributed by atoms with E-state index in [0.29, 0.717) is 11.4 Å². The van der Waals surface area contributed by atoms with Gasteiger partial charge in [-0.15, -0.1) is 11.3 Å². The first-order valence-electron chi connectivity index (χ1n) is 14.2. The van der Waals surface area contributed by atoms with Crippen molar-refractivity contribution in [3.63, 3.8) is 0 Å². The minimum atomic E-state index is -3.18. The van der Waals surface area contributed by atoms with E-state index in [1.165, 1.54) is 29.2 Å². The first-order valence-corrected chi connectivity index (χ1v) is 15.0. The molecule has 0 saturated carbocycles. The molecule has 0 spiro atoms. The summed E-state index contributed by atoms with van der Waals surface area (Å²) in [5.41, 5.74) is -1.70. The number of alkyl halides is 2. The van der Waals surface area contributed by atoms with Gasteiger partial charge in [-0.25, -0.2) is 32.1 Å². The molecule has 1 aromatic heterocycles. The Balaban J connectivity index is 1.52. The summed E-state index contributed by atoms with van der Waals surface area (Å²) < 4.78 is 65.3. The maximum Gasteiger partial charge on any atom is 0.338 e. The molecule has 1 aromatic carbocycles. The van der Waals surface area contributed by atoms with Crippen molar-refractivity contribution in [1.29, 1.82) is 0 Å². The van der Waals surface area contributed by atoms with Crippen LogP contribution in [-0.4, -0.2) is 99.2 Å². The number of nitrogens with one attached hydrogen (secondary N) is 1. The number of ether oxygens (including phenoxy) is 1. The summed E-state index contributed by atoms with van der Waals surface area (Å²) in [6.45, 7) is 3.54. The zero-order chi connectivity index (χ0) is 32.0. The van der Waals surface area contributed by atoms with Crippen molar-refractivity contribution >= 4 is 29.1 Å². The largest absolute Gasteiger partial charge is 0.479 e. The van der Waals surface area contributed by atoms with E-state index >= 15 is 8.78 Å². The highest BCUT2D eigenvalue weighted by Crippen LogP contribution is 2.43. The molecule has 0 unspecified atom stereocenters. The minimum absolute atomic E-state index is 0.00368. The monoisotopic (exact) mass is 639 g/mol. The number of hydrogen-bond acceptors (Lipinski definition) is 10. The number of carboxylic acids is 1. The maximum absolute atomic E-state index is 15.6. The Morgan fingerprint density at radius 1 is 1.27 bits per heavy atom. The van der Waals surface area contributed by atoms with Gasteiger partial charge in [0, 0.05) is 43.0 Å². The van der Waals surface area contributed by atoms with Crippen LogP contribution in [-0.2, 0) is 14.3 Å². The van der Waals surface area contributed by atoms with E-state index in [-0.39, 0.29) is 60.9 Å². The Morgan fingerprint density at radius 2 is 2.02 bits per heavy atom. The van der Waals surface area contributed by atoms with Crippen LogP contribution in [0.5, 0.6) is 0 Å². The number of likely N-dealkylation sites (tertiary alicyclic amines) is 2. The summed E-state index contributed by atoms with van der Waals surface area (Å²) in [6, 6.07) is -0.746. The van der Waals surface area contributed by atoms with Crippen LogP contribution in [0.3, 0.4) is 0 Å². The zero-order valence-electron chi connectivity index (χ0n) is 24.3. The molecule has 10 nitrogen and oxygen atoms in total. The van der Waals surface area contributed by atoms with Gasteiger partial charge in [-0.05, 0) is 50.8 Å². The van der Waals surface area contributed by atoms with Gasteiger partial charge in [-0.1, -0.05) is 6.07 Å². The lowest BCUT2D eigenvalue weighted by Gasteiger charge is -2.31. The molecule has 3 N–H and O–H groups in total. The lowest BCUT2D eigenvalue weighted by Crippen LogP contribution is -2.48. The van der Waals surface area contributed by atoms with Gasteiger partial charge >= 0.3 is 11.9 Å². The SMILES string of the molecule is CCOC(=O)C1=C(CN2CC(F)(F)[C@H]3[C@@H]2CCN3CC[C@](C)(O)C(=O)O)NC(c2nccs2)=N[C@H]1c1ccc(F)c(F)c1C. The molecule has 5 rings (SSSR count). The lowest BCUT2D eigenvalue weighted by atomic mass is 9.92. The highest BCUT2D eigenvalue weighted by molar-refractivity contribution is 7.11. The molecule has 3 aliphatic rings. The number of amidine groups is 1. The normalized spacial score (nSPS) is 24.9. The number of carbonyl (C=O) groups excluding carboxylic acids is 1.